The molecule has 0 bridgehead atoms. The number of rotatable bonds is 5. The molecule has 0 amide bonds. The highest BCUT2D eigenvalue weighted by Crippen LogP contribution is 2.23. The normalized spacial score (nSPS) is 17.8. The molecule has 2 aromatic heterocycles. The molecule has 7 nitrogen and oxygen atoms in total. The van der Waals surface area contributed by atoms with Crippen molar-refractivity contribution in [1.29, 1.82) is 0 Å². The first-order valence-corrected chi connectivity index (χ1v) is 8.57. The Morgan fingerprint density at radius 1 is 1.22 bits per heavy atom. The van der Waals surface area contributed by atoms with Gasteiger partial charge in [0.2, 0.25) is 5.16 Å². The molecule has 1 atom stereocenters. The van der Waals surface area contributed by atoms with E-state index in [-0.39, 0.29) is 6.10 Å². The Bertz CT molecular complexity index is 801. The minimum absolute atomic E-state index is 0.230. The van der Waals surface area contributed by atoms with E-state index in [0.717, 1.165) is 47.9 Å². The Labute approximate surface area is 137 Å². The van der Waals surface area contributed by atoms with Crippen LogP contribution in [-0.4, -0.2) is 42.9 Å². The SMILES string of the molecule is c1cnc2cc(CSc3nnnn3CC3CCCO3)ccc2n1. The molecule has 8 heteroatoms. The largest absolute Gasteiger partial charge is 0.376 e. The maximum atomic E-state index is 5.65. The lowest BCUT2D eigenvalue weighted by Gasteiger charge is -2.10. The Balaban J connectivity index is 1.44. The lowest BCUT2D eigenvalue weighted by molar-refractivity contribution is 0.0912. The summed E-state index contributed by atoms with van der Waals surface area (Å²) in [4.78, 5) is 8.62. The molecule has 0 N–H and O–H groups in total. The predicted octanol–water partition coefficient (Wildman–Crippen LogP) is 2.09. The molecular formula is C15H16N6OS. The zero-order valence-corrected chi connectivity index (χ0v) is 13.3. The van der Waals surface area contributed by atoms with Crippen molar-refractivity contribution in [3.8, 4) is 0 Å². The highest BCUT2D eigenvalue weighted by molar-refractivity contribution is 7.98. The third-order valence-electron chi connectivity index (χ3n) is 3.80. The van der Waals surface area contributed by atoms with Crippen molar-refractivity contribution in [1.82, 2.24) is 30.2 Å². The quantitative estimate of drug-likeness (QED) is 0.663. The van der Waals surface area contributed by atoms with E-state index < -0.39 is 0 Å². The van der Waals surface area contributed by atoms with Gasteiger partial charge in [0.1, 0.15) is 0 Å². The monoisotopic (exact) mass is 328 g/mol. The van der Waals surface area contributed by atoms with Gasteiger partial charge in [0.15, 0.2) is 0 Å². The molecule has 0 radical (unpaired) electrons. The molecule has 23 heavy (non-hydrogen) atoms. The van der Waals surface area contributed by atoms with Crippen LogP contribution in [0.15, 0.2) is 35.7 Å². The van der Waals surface area contributed by atoms with Crippen LogP contribution in [0.3, 0.4) is 0 Å². The van der Waals surface area contributed by atoms with E-state index in [1.807, 2.05) is 10.7 Å². The van der Waals surface area contributed by atoms with Gasteiger partial charge in [-0.05, 0) is 41.0 Å². The lowest BCUT2D eigenvalue weighted by atomic mass is 10.2. The number of hydrogen-bond donors (Lipinski definition) is 0. The van der Waals surface area contributed by atoms with Crippen molar-refractivity contribution in [2.75, 3.05) is 6.61 Å². The van der Waals surface area contributed by atoms with Gasteiger partial charge in [-0.25, -0.2) is 4.68 Å². The maximum absolute atomic E-state index is 5.65. The number of tetrazole rings is 1. The van der Waals surface area contributed by atoms with E-state index in [2.05, 4.69) is 37.6 Å². The van der Waals surface area contributed by atoms with Gasteiger partial charge in [0.05, 0.1) is 23.7 Å². The third-order valence-corrected chi connectivity index (χ3v) is 4.83. The van der Waals surface area contributed by atoms with Gasteiger partial charge in [-0.3, -0.25) is 9.97 Å². The molecule has 1 fully saturated rings. The van der Waals surface area contributed by atoms with E-state index >= 15 is 0 Å². The van der Waals surface area contributed by atoms with Gasteiger partial charge in [-0.1, -0.05) is 17.8 Å². The molecule has 0 saturated carbocycles. The van der Waals surface area contributed by atoms with Crippen molar-refractivity contribution < 1.29 is 4.74 Å². The summed E-state index contributed by atoms with van der Waals surface area (Å²) in [5.74, 6) is 0.790. The van der Waals surface area contributed by atoms with Crippen LogP contribution in [0, 0.1) is 0 Å². The maximum Gasteiger partial charge on any atom is 0.209 e. The van der Waals surface area contributed by atoms with Crippen LogP contribution in [-0.2, 0) is 17.0 Å². The standard InChI is InChI=1S/C15H16N6OS/c1-2-12(22-7-1)9-21-15(18-19-20-21)23-10-11-3-4-13-14(8-11)17-6-5-16-13/h3-6,8,12H,1-2,7,9-10H2. The Morgan fingerprint density at radius 3 is 3.00 bits per heavy atom. The first-order valence-electron chi connectivity index (χ1n) is 7.59. The summed E-state index contributed by atoms with van der Waals surface area (Å²) < 4.78 is 7.49. The van der Waals surface area contributed by atoms with Gasteiger partial charge in [0.25, 0.3) is 0 Å². The average molecular weight is 328 g/mol. The van der Waals surface area contributed by atoms with Crippen LogP contribution < -0.4 is 0 Å². The molecule has 1 unspecified atom stereocenters. The summed E-state index contributed by atoms with van der Waals surface area (Å²) in [5, 5.41) is 12.8. The number of benzene rings is 1. The minimum Gasteiger partial charge on any atom is -0.376 e. The van der Waals surface area contributed by atoms with Crippen LogP contribution in [0.25, 0.3) is 11.0 Å². The number of nitrogens with zero attached hydrogens (tertiary/aromatic N) is 6. The van der Waals surface area contributed by atoms with Crippen LogP contribution in [0.2, 0.25) is 0 Å². The highest BCUT2D eigenvalue weighted by Gasteiger charge is 2.18. The third kappa shape index (κ3) is 3.32. The van der Waals surface area contributed by atoms with Crippen LogP contribution in [0.5, 0.6) is 0 Å². The van der Waals surface area contributed by atoms with Crippen LogP contribution in [0.4, 0.5) is 0 Å². The number of aromatic nitrogens is 6. The summed E-state index contributed by atoms with van der Waals surface area (Å²) in [6, 6.07) is 6.12. The summed E-state index contributed by atoms with van der Waals surface area (Å²) in [6.07, 6.45) is 5.84. The fraction of sp³-hybridized carbons (Fsp3) is 0.400. The molecule has 0 aliphatic carbocycles. The molecule has 4 rings (SSSR count). The fourth-order valence-corrected chi connectivity index (χ4v) is 3.47. The molecule has 1 saturated heterocycles. The van der Waals surface area contributed by atoms with Gasteiger partial charge < -0.3 is 4.74 Å². The number of fused-ring (bicyclic) bond motifs is 1. The topological polar surface area (TPSA) is 78.6 Å². The highest BCUT2D eigenvalue weighted by atomic mass is 32.2. The first-order chi connectivity index (χ1) is 11.4. The summed E-state index contributed by atoms with van der Waals surface area (Å²) in [5.41, 5.74) is 2.99. The first kappa shape index (κ1) is 14.5. The zero-order chi connectivity index (χ0) is 15.5. The van der Waals surface area contributed by atoms with E-state index in [0.29, 0.717) is 0 Å². The summed E-state index contributed by atoms with van der Waals surface area (Å²) >= 11 is 1.62. The smallest absolute Gasteiger partial charge is 0.209 e. The summed E-state index contributed by atoms with van der Waals surface area (Å²) in [7, 11) is 0. The lowest BCUT2D eigenvalue weighted by Crippen LogP contribution is -2.16. The second kappa shape index (κ2) is 6.59. The van der Waals surface area contributed by atoms with Gasteiger partial charge in [0, 0.05) is 24.8 Å². The van der Waals surface area contributed by atoms with Crippen molar-refractivity contribution in [3.63, 3.8) is 0 Å². The summed E-state index contributed by atoms with van der Waals surface area (Å²) in [6.45, 7) is 1.56. The van der Waals surface area contributed by atoms with E-state index in [1.165, 1.54) is 5.56 Å². The zero-order valence-electron chi connectivity index (χ0n) is 12.5. The van der Waals surface area contributed by atoms with Crippen LogP contribution >= 0.6 is 11.8 Å². The second-order valence-corrected chi connectivity index (χ2v) is 6.39. The molecule has 1 aliphatic heterocycles. The van der Waals surface area contributed by atoms with Crippen molar-refractivity contribution in [3.05, 3.63) is 36.2 Å². The number of hydrogen-bond acceptors (Lipinski definition) is 7. The van der Waals surface area contributed by atoms with Crippen LogP contribution in [0.1, 0.15) is 18.4 Å². The fourth-order valence-electron chi connectivity index (χ4n) is 2.64. The predicted molar refractivity (Wildman–Crippen MR) is 85.9 cm³/mol. The molecular weight excluding hydrogens is 312 g/mol. The number of thioether (sulfide) groups is 1. The molecule has 0 spiro atoms. The Morgan fingerprint density at radius 2 is 2.13 bits per heavy atom. The van der Waals surface area contributed by atoms with Gasteiger partial charge in [-0.2, -0.15) is 0 Å². The van der Waals surface area contributed by atoms with E-state index in [1.54, 1.807) is 24.2 Å². The molecule has 1 aromatic carbocycles. The Kier molecular flexibility index (Phi) is 4.16. The molecule has 3 aromatic rings. The minimum atomic E-state index is 0.230. The average Bonchev–Trinajstić information content (AvgIpc) is 3.25. The van der Waals surface area contributed by atoms with Crippen molar-refractivity contribution in [2.45, 2.75) is 36.4 Å². The molecule has 3 heterocycles. The van der Waals surface area contributed by atoms with Gasteiger partial charge >= 0.3 is 0 Å². The number of ether oxygens (including phenoxy) is 1. The van der Waals surface area contributed by atoms with E-state index in [9.17, 15) is 0 Å². The molecule has 1 aliphatic rings. The molecule has 118 valence electrons. The van der Waals surface area contributed by atoms with Crippen molar-refractivity contribution in [2.24, 2.45) is 0 Å². The van der Waals surface area contributed by atoms with Crippen molar-refractivity contribution >= 4 is 22.8 Å². The van der Waals surface area contributed by atoms with Gasteiger partial charge in [-0.15, -0.1) is 5.10 Å². The Hall–Kier alpha value is -2.06. The van der Waals surface area contributed by atoms with E-state index in [4.69, 9.17) is 4.74 Å². The second-order valence-electron chi connectivity index (χ2n) is 5.45.